The normalized spacial score (nSPS) is 18.7. The molecule has 0 spiro atoms. The van der Waals surface area contributed by atoms with E-state index >= 15 is 0 Å². The summed E-state index contributed by atoms with van der Waals surface area (Å²) in [5.74, 6) is 0.519. The molecule has 1 aromatic carbocycles. The monoisotopic (exact) mass is 378 g/mol. The number of nitrogens with zero attached hydrogens (tertiary/aromatic N) is 3. The minimum absolute atomic E-state index is 0.163. The molecule has 0 bridgehead atoms. The highest BCUT2D eigenvalue weighted by atomic mass is 79.9. The van der Waals surface area contributed by atoms with E-state index in [1.54, 1.807) is 11.1 Å². The maximum Gasteiger partial charge on any atom is 0.276 e. The first-order valence-electron chi connectivity index (χ1n) is 6.76. The number of nitrogens with one attached hydrogen (secondary N) is 1. The van der Waals surface area contributed by atoms with Crippen molar-refractivity contribution in [2.45, 2.75) is 19.5 Å². The van der Waals surface area contributed by atoms with Crippen LogP contribution in [0.2, 0.25) is 0 Å². The van der Waals surface area contributed by atoms with Crippen molar-refractivity contribution >= 4 is 44.5 Å². The Morgan fingerprint density at radius 2 is 2.27 bits per heavy atom. The lowest BCUT2D eigenvalue weighted by Crippen LogP contribution is -2.56. The van der Waals surface area contributed by atoms with Crippen LogP contribution in [0.5, 0.6) is 0 Å². The fraction of sp³-hybridized carbons (Fsp3) is 0.267. The van der Waals surface area contributed by atoms with Crippen LogP contribution in [0.25, 0.3) is 5.70 Å². The first kappa shape index (κ1) is 15.3. The van der Waals surface area contributed by atoms with Crippen LogP contribution in [0.3, 0.4) is 0 Å². The number of benzene rings is 1. The molecule has 0 atom stereocenters. The molecule has 0 saturated carbocycles. The van der Waals surface area contributed by atoms with Crippen LogP contribution in [0.1, 0.15) is 13.8 Å². The second-order valence-corrected chi connectivity index (χ2v) is 7.31. The molecule has 1 N–H and O–H groups in total. The van der Waals surface area contributed by atoms with E-state index < -0.39 is 5.66 Å². The third kappa shape index (κ3) is 2.59. The Hall–Kier alpha value is -1.60. The summed E-state index contributed by atoms with van der Waals surface area (Å²) in [5.41, 5.74) is -0.0901. The number of fused-ring (bicyclic) bond motifs is 2. The Morgan fingerprint density at radius 1 is 1.50 bits per heavy atom. The Morgan fingerprint density at radius 3 is 3.00 bits per heavy atom. The summed E-state index contributed by atoms with van der Waals surface area (Å²) in [5, 5.41) is 11.2. The van der Waals surface area contributed by atoms with Gasteiger partial charge in [0.25, 0.3) is 5.91 Å². The molecule has 0 aromatic heterocycles. The molecule has 0 fully saturated rings. The highest BCUT2D eigenvalue weighted by Gasteiger charge is 2.38. The summed E-state index contributed by atoms with van der Waals surface area (Å²) in [6.07, 6.45) is 1.77. The van der Waals surface area contributed by atoms with Crippen LogP contribution in [-0.2, 0) is 4.79 Å². The number of hydrogen-bond acceptors (Lipinski definition) is 5. The first-order valence-corrected chi connectivity index (χ1v) is 8.54. The predicted octanol–water partition coefficient (Wildman–Crippen LogP) is 1.55. The maximum atomic E-state index is 12.6. The van der Waals surface area contributed by atoms with Crippen molar-refractivity contribution in [1.29, 1.82) is 0 Å². The number of thioether (sulfide) groups is 1. The Kier molecular flexibility index (Phi) is 3.86. The van der Waals surface area contributed by atoms with Gasteiger partial charge in [0.1, 0.15) is 11.4 Å². The van der Waals surface area contributed by atoms with Gasteiger partial charge >= 0.3 is 0 Å². The average molecular weight is 379 g/mol. The van der Waals surface area contributed by atoms with Gasteiger partial charge in [-0.15, -0.1) is 11.7 Å². The van der Waals surface area contributed by atoms with Crippen molar-refractivity contribution in [2.24, 2.45) is 10.1 Å². The van der Waals surface area contributed by atoms with Crippen LogP contribution in [0.4, 0.5) is 0 Å². The lowest BCUT2D eigenvalue weighted by Gasteiger charge is -2.38. The molecule has 2 aliphatic rings. The number of hydrazone groups is 1. The van der Waals surface area contributed by atoms with Gasteiger partial charge in [-0.2, -0.15) is 0 Å². The van der Waals surface area contributed by atoms with E-state index in [9.17, 15) is 4.79 Å². The number of amides is 1. The van der Waals surface area contributed by atoms with Crippen LogP contribution >= 0.6 is 27.7 Å². The lowest BCUT2D eigenvalue weighted by molar-refractivity contribution is -0.116. The third-order valence-corrected chi connectivity index (χ3v) is 4.65. The molecular formula is C15H15BrN4OS. The molecule has 3 rings (SSSR count). The zero-order valence-electron chi connectivity index (χ0n) is 12.3. The van der Waals surface area contributed by atoms with E-state index in [-0.39, 0.29) is 5.91 Å². The average Bonchev–Trinajstić information content (AvgIpc) is 2.45. The molecule has 2 heterocycles. The molecule has 22 heavy (non-hydrogen) atoms. The standard InChI is InChI=1S/C15H15BrN4OS/c1-4-7-22-14-17-13(21)12-10-8-9(16)5-6-11(10)18-15(2,3)20(12)19-14/h4-6,8H,1,7H2,2-3H3,(H,17,19,21). The van der Waals surface area contributed by atoms with E-state index in [4.69, 9.17) is 4.99 Å². The van der Waals surface area contributed by atoms with Crippen LogP contribution in [0.15, 0.2) is 45.4 Å². The summed E-state index contributed by atoms with van der Waals surface area (Å²) in [7, 11) is 0. The van der Waals surface area contributed by atoms with E-state index in [0.29, 0.717) is 16.6 Å². The smallest absolute Gasteiger partial charge is 0.276 e. The van der Waals surface area contributed by atoms with Gasteiger partial charge in [-0.05, 0) is 32.0 Å². The molecule has 1 aromatic rings. The van der Waals surface area contributed by atoms with E-state index in [0.717, 1.165) is 15.0 Å². The Balaban J connectivity index is 2.23. The number of carbonyl (C=O) groups excluding carboxylic acids is 1. The minimum Gasteiger partial charge on any atom is -0.298 e. The topological polar surface area (TPSA) is 57.1 Å². The summed E-state index contributed by atoms with van der Waals surface area (Å²) < 4.78 is 0.900. The molecule has 2 aliphatic heterocycles. The minimum atomic E-state index is -0.617. The highest BCUT2D eigenvalue weighted by molar-refractivity contribution is 9.10. The summed E-state index contributed by atoms with van der Waals surface area (Å²) >= 11 is 4.88. The molecule has 1 amide bonds. The number of rotatable bonds is 2. The van der Waals surface area contributed by atoms with Gasteiger partial charge in [0.2, 0.25) is 0 Å². The van der Waals surface area contributed by atoms with Crippen molar-refractivity contribution < 1.29 is 4.79 Å². The molecule has 0 saturated heterocycles. The summed E-state index contributed by atoms with van der Waals surface area (Å²) in [6.45, 7) is 7.56. The number of halogens is 1. The zero-order chi connectivity index (χ0) is 15.9. The SMILES string of the molecule is C=CCSC1=NN2C(=c3cc(Br)ccc3=NC2(C)C)C(=O)N1. The third-order valence-electron chi connectivity index (χ3n) is 3.30. The van der Waals surface area contributed by atoms with Gasteiger partial charge in [0, 0.05) is 15.4 Å². The second-order valence-electron chi connectivity index (χ2n) is 5.39. The second kappa shape index (κ2) is 5.55. The van der Waals surface area contributed by atoms with Gasteiger partial charge in [-0.1, -0.05) is 33.8 Å². The van der Waals surface area contributed by atoms with Gasteiger partial charge in [0.05, 0.1) is 5.36 Å². The van der Waals surface area contributed by atoms with Crippen molar-refractivity contribution in [2.75, 3.05) is 5.75 Å². The highest BCUT2D eigenvalue weighted by Crippen LogP contribution is 2.27. The van der Waals surface area contributed by atoms with E-state index in [1.165, 1.54) is 11.8 Å². The zero-order valence-corrected chi connectivity index (χ0v) is 14.7. The molecule has 0 radical (unpaired) electrons. The number of carbonyl (C=O) groups is 1. The van der Waals surface area contributed by atoms with E-state index in [2.05, 4.69) is 32.9 Å². The predicted molar refractivity (Wildman–Crippen MR) is 92.5 cm³/mol. The number of amidine groups is 1. The maximum absolute atomic E-state index is 12.6. The van der Waals surface area contributed by atoms with Crippen molar-refractivity contribution in [3.05, 3.63) is 45.9 Å². The molecule has 114 valence electrons. The molecule has 0 aliphatic carbocycles. The quantitative estimate of drug-likeness (QED) is 0.794. The molecule has 0 unspecified atom stereocenters. The van der Waals surface area contributed by atoms with Crippen LogP contribution in [-0.4, -0.2) is 27.5 Å². The summed E-state index contributed by atoms with van der Waals surface area (Å²) in [4.78, 5) is 17.3. The fourth-order valence-electron chi connectivity index (χ4n) is 2.39. The fourth-order valence-corrected chi connectivity index (χ4v) is 3.33. The van der Waals surface area contributed by atoms with Gasteiger partial charge in [-0.3, -0.25) is 15.1 Å². The lowest BCUT2D eigenvalue weighted by atomic mass is 10.1. The van der Waals surface area contributed by atoms with Gasteiger partial charge < -0.3 is 0 Å². The van der Waals surface area contributed by atoms with Crippen molar-refractivity contribution in [3.8, 4) is 0 Å². The van der Waals surface area contributed by atoms with Crippen LogP contribution in [0, 0.1) is 0 Å². The van der Waals surface area contributed by atoms with Crippen molar-refractivity contribution in [3.63, 3.8) is 0 Å². The first-order chi connectivity index (χ1) is 10.4. The van der Waals surface area contributed by atoms with Gasteiger partial charge in [0.15, 0.2) is 5.17 Å². The van der Waals surface area contributed by atoms with Gasteiger partial charge in [-0.25, -0.2) is 5.01 Å². The molecular weight excluding hydrogens is 364 g/mol. The molecule has 7 heteroatoms. The number of hydrogen-bond donors (Lipinski definition) is 1. The Bertz CT molecular complexity index is 815. The van der Waals surface area contributed by atoms with Crippen LogP contribution < -0.4 is 15.9 Å². The van der Waals surface area contributed by atoms with Crippen molar-refractivity contribution in [1.82, 2.24) is 10.3 Å². The van der Waals surface area contributed by atoms with E-state index in [1.807, 2.05) is 32.0 Å². The Labute approximate surface area is 141 Å². The largest absolute Gasteiger partial charge is 0.298 e. The molecule has 5 nitrogen and oxygen atoms in total. The summed E-state index contributed by atoms with van der Waals surface area (Å²) in [6, 6.07) is 5.72.